The molecule has 0 N–H and O–H groups in total. The number of likely N-dealkylation sites (N-methyl/N-ethyl adjacent to an activating group) is 1. The van der Waals surface area contributed by atoms with Crippen LogP contribution in [0.25, 0.3) is 10.2 Å². The maximum absolute atomic E-state index is 13.6. The average molecular weight is 555 g/mol. The number of thiazole rings is 1. The molecule has 36 heavy (non-hydrogen) atoms. The summed E-state index contributed by atoms with van der Waals surface area (Å²) in [4.78, 5) is 22.1. The van der Waals surface area contributed by atoms with E-state index < -0.39 is 10.0 Å². The third kappa shape index (κ3) is 5.76. The van der Waals surface area contributed by atoms with Crippen LogP contribution in [-0.4, -0.2) is 83.0 Å². The SMILES string of the molecule is COc1cc2nc(N(CCN(C)C)C(=O)c3ccc(S(=O)(=O)N4CCCC4)cc3)sc2cc1OC.Cl. The van der Waals surface area contributed by atoms with Crippen LogP contribution in [0, 0.1) is 0 Å². The second-order valence-electron chi connectivity index (χ2n) is 8.57. The van der Waals surface area contributed by atoms with Crippen LogP contribution in [-0.2, 0) is 10.0 Å². The zero-order chi connectivity index (χ0) is 25.2. The molecule has 3 aromatic rings. The van der Waals surface area contributed by atoms with Gasteiger partial charge >= 0.3 is 0 Å². The van der Waals surface area contributed by atoms with E-state index in [9.17, 15) is 13.2 Å². The Morgan fingerprint density at radius 2 is 1.64 bits per heavy atom. The molecule has 1 fully saturated rings. The molecule has 1 aromatic heterocycles. The van der Waals surface area contributed by atoms with Gasteiger partial charge in [-0.1, -0.05) is 11.3 Å². The minimum Gasteiger partial charge on any atom is -0.493 e. The van der Waals surface area contributed by atoms with Crippen molar-refractivity contribution in [1.82, 2.24) is 14.2 Å². The molecule has 1 aliphatic heterocycles. The van der Waals surface area contributed by atoms with Crippen LogP contribution in [0.2, 0.25) is 0 Å². The molecule has 12 heteroatoms. The van der Waals surface area contributed by atoms with Gasteiger partial charge in [-0.2, -0.15) is 4.31 Å². The highest BCUT2D eigenvalue weighted by Gasteiger charge is 2.28. The number of methoxy groups -OCH3 is 2. The van der Waals surface area contributed by atoms with Crippen molar-refractivity contribution in [1.29, 1.82) is 0 Å². The van der Waals surface area contributed by atoms with Crippen LogP contribution >= 0.6 is 23.7 Å². The van der Waals surface area contributed by atoms with Crippen molar-refractivity contribution in [3.63, 3.8) is 0 Å². The Labute approximate surface area is 222 Å². The lowest BCUT2D eigenvalue weighted by Gasteiger charge is -2.22. The maximum Gasteiger partial charge on any atom is 0.260 e. The lowest BCUT2D eigenvalue weighted by Crippen LogP contribution is -2.36. The van der Waals surface area contributed by atoms with E-state index in [2.05, 4.69) is 0 Å². The molecule has 0 bridgehead atoms. The number of rotatable bonds is 9. The molecular weight excluding hydrogens is 524 g/mol. The largest absolute Gasteiger partial charge is 0.493 e. The van der Waals surface area contributed by atoms with Gasteiger partial charge in [0.1, 0.15) is 0 Å². The van der Waals surface area contributed by atoms with Gasteiger partial charge in [0, 0.05) is 43.9 Å². The first-order valence-electron chi connectivity index (χ1n) is 11.3. The van der Waals surface area contributed by atoms with E-state index in [1.54, 1.807) is 37.3 Å². The van der Waals surface area contributed by atoms with E-state index in [-0.39, 0.29) is 23.2 Å². The molecule has 4 rings (SSSR count). The van der Waals surface area contributed by atoms with Crippen molar-refractivity contribution >= 4 is 55.0 Å². The van der Waals surface area contributed by atoms with Crippen molar-refractivity contribution in [3.8, 4) is 11.5 Å². The summed E-state index contributed by atoms with van der Waals surface area (Å²) in [7, 11) is 3.48. The van der Waals surface area contributed by atoms with Crippen molar-refractivity contribution in [3.05, 3.63) is 42.0 Å². The number of anilines is 1. The number of sulfonamides is 1. The van der Waals surface area contributed by atoms with E-state index in [1.807, 2.05) is 25.1 Å². The molecule has 0 spiro atoms. The lowest BCUT2D eigenvalue weighted by atomic mass is 10.2. The van der Waals surface area contributed by atoms with Gasteiger partial charge in [-0.15, -0.1) is 12.4 Å². The number of nitrogens with zero attached hydrogens (tertiary/aromatic N) is 4. The number of hydrogen-bond donors (Lipinski definition) is 0. The number of amides is 1. The van der Waals surface area contributed by atoms with Crippen LogP contribution in [0.5, 0.6) is 11.5 Å². The minimum atomic E-state index is -3.54. The van der Waals surface area contributed by atoms with Gasteiger partial charge < -0.3 is 14.4 Å². The second-order valence-corrected chi connectivity index (χ2v) is 11.5. The van der Waals surface area contributed by atoms with Crippen LogP contribution < -0.4 is 14.4 Å². The molecule has 1 saturated heterocycles. The molecule has 0 aliphatic carbocycles. The average Bonchev–Trinajstić information content (AvgIpc) is 3.53. The van der Waals surface area contributed by atoms with Gasteiger partial charge in [-0.05, 0) is 51.2 Å². The summed E-state index contributed by atoms with van der Waals surface area (Å²) >= 11 is 1.39. The summed E-state index contributed by atoms with van der Waals surface area (Å²) < 4.78 is 38.8. The summed E-state index contributed by atoms with van der Waals surface area (Å²) in [5.74, 6) is 0.920. The van der Waals surface area contributed by atoms with Crippen LogP contribution in [0.15, 0.2) is 41.3 Å². The number of halogens is 1. The molecule has 196 valence electrons. The number of carbonyl (C=O) groups is 1. The van der Waals surface area contributed by atoms with Gasteiger partial charge in [-0.3, -0.25) is 9.69 Å². The quantitative estimate of drug-likeness (QED) is 0.398. The lowest BCUT2D eigenvalue weighted by molar-refractivity contribution is 0.0985. The van der Waals surface area contributed by atoms with E-state index in [0.29, 0.717) is 53.9 Å². The predicted molar refractivity (Wildman–Crippen MR) is 145 cm³/mol. The molecule has 0 unspecified atom stereocenters. The summed E-state index contributed by atoms with van der Waals surface area (Å²) in [6.45, 7) is 2.13. The Hall–Kier alpha value is -2.44. The predicted octanol–water partition coefficient (Wildman–Crippen LogP) is 3.73. The number of hydrogen-bond acceptors (Lipinski definition) is 8. The van der Waals surface area contributed by atoms with Gasteiger partial charge in [0.05, 0.1) is 29.3 Å². The van der Waals surface area contributed by atoms with Crippen molar-refractivity contribution < 1.29 is 22.7 Å². The molecule has 2 aromatic carbocycles. The zero-order valence-electron chi connectivity index (χ0n) is 20.8. The third-order valence-corrected chi connectivity index (χ3v) is 8.89. The molecule has 1 amide bonds. The molecule has 0 atom stereocenters. The first kappa shape index (κ1) is 28.1. The highest BCUT2D eigenvalue weighted by atomic mass is 35.5. The van der Waals surface area contributed by atoms with Crippen molar-refractivity contribution in [2.75, 3.05) is 59.4 Å². The first-order valence-corrected chi connectivity index (χ1v) is 13.6. The van der Waals surface area contributed by atoms with E-state index in [1.165, 1.54) is 27.8 Å². The van der Waals surface area contributed by atoms with Crippen molar-refractivity contribution in [2.45, 2.75) is 17.7 Å². The summed E-state index contributed by atoms with van der Waals surface area (Å²) in [6.07, 6.45) is 1.74. The second kappa shape index (κ2) is 11.7. The standard InChI is InChI=1S/C24H30N4O5S2.ClH/c1-26(2)13-14-28(24-25-19-15-20(32-3)21(33-4)16-22(19)34-24)23(29)17-7-9-18(10-8-17)35(30,31)27-11-5-6-12-27;/h7-10,15-16H,5-6,11-14H2,1-4H3;1H. The van der Waals surface area contributed by atoms with Gasteiger partial charge in [0.15, 0.2) is 16.6 Å². The molecule has 2 heterocycles. The highest BCUT2D eigenvalue weighted by Crippen LogP contribution is 2.37. The molecule has 9 nitrogen and oxygen atoms in total. The number of carbonyl (C=O) groups excluding carboxylic acids is 1. The van der Waals surface area contributed by atoms with Gasteiger partial charge in [0.25, 0.3) is 5.91 Å². The Morgan fingerprint density at radius 3 is 2.22 bits per heavy atom. The molecule has 0 saturated carbocycles. The summed E-state index contributed by atoms with van der Waals surface area (Å²) in [5, 5.41) is 0.552. The summed E-state index contributed by atoms with van der Waals surface area (Å²) in [5.41, 5.74) is 1.11. The van der Waals surface area contributed by atoms with Crippen LogP contribution in [0.3, 0.4) is 0 Å². The third-order valence-electron chi connectivity index (χ3n) is 5.93. The van der Waals surface area contributed by atoms with Gasteiger partial charge in [-0.25, -0.2) is 13.4 Å². The Kier molecular flexibility index (Phi) is 9.18. The minimum absolute atomic E-state index is 0. The number of benzene rings is 2. The Balaban J connectivity index is 0.00000361. The first-order chi connectivity index (χ1) is 16.7. The number of fused-ring (bicyclic) bond motifs is 1. The Bertz CT molecular complexity index is 1270. The van der Waals surface area contributed by atoms with E-state index >= 15 is 0 Å². The van der Waals surface area contributed by atoms with Crippen LogP contribution in [0.4, 0.5) is 5.13 Å². The maximum atomic E-state index is 13.6. The van der Waals surface area contributed by atoms with E-state index in [4.69, 9.17) is 14.5 Å². The number of ether oxygens (including phenoxy) is 2. The molecular formula is C24H31ClN4O5S2. The van der Waals surface area contributed by atoms with Gasteiger partial charge in [0.2, 0.25) is 10.0 Å². The molecule has 1 aliphatic rings. The topological polar surface area (TPSA) is 92.3 Å². The smallest absolute Gasteiger partial charge is 0.260 e. The van der Waals surface area contributed by atoms with Crippen LogP contribution in [0.1, 0.15) is 23.2 Å². The van der Waals surface area contributed by atoms with E-state index in [0.717, 1.165) is 17.5 Å². The highest BCUT2D eigenvalue weighted by molar-refractivity contribution is 7.89. The summed E-state index contributed by atoms with van der Waals surface area (Å²) in [6, 6.07) is 9.82. The fraction of sp³-hybridized carbons (Fsp3) is 0.417. The molecule has 0 radical (unpaired) electrons. The fourth-order valence-electron chi connectivity index (χ4n) is 3.95. The number of aromatic nitrogens is 1. The van der Waals surface area contributed by atoms with Crippen molar-refractivity contribution in [2.24, 2.45) is 0 Å². The fourth-order valence-corrected chi connectivity index (χ4v) is 6.46. The monoisotopic (exact) mass is 554 g/mol. The Morgan fingerprint density at radius 1 is 1.03 bits per heavy atom. The zero-order valence-corrected chi connectivity index (χ0v) is 23.2. The normalized spacial score (nSPS) is 14.1.